The van der Waals surface area contributed by atoms with Gasteiger partial charge in [0.1, 0.15) is 0 Å². The molecule has 10 heteroatoms. The Morgan fingerprint density at radius 3 is 1.44 bits per heavy atom. The van der Waals surface area contributed by atoms with Gasteiger partial charge in [-0.25, -0.2) is 0 Å². The van der Waals surface area contributed by atoms with E-state index in [2.05, 4.69) is 35.6 Å². The van der Waals surface area contributed by atoms with E-state index in [0.717, 1.165) is 7.11 Å². The number of methoxy groups -OCH3 is 1. The fourth-order valence-electron chi connectivity index (χ4n) is 1.69. The smallest absolute Gasteiger partial charge is 0.267 e. The molecule has 0 saturated carbocycles. The number of hydrogen-bond acceptors (Lipinski definition) is 8. The topological polar surface area (TPSA) is 123 Å². The summed E-state index contributed by atoms with van der Waals surface area (Å²) in [6.07, 6.45) is 3.63. The van der Waals surface area contributed by atoms with Gasteiger partial charge < -0.3 is 38.6 Å². The Balaban J connectivity index is 0. The van der Waals surface area contributed by atoms with Crippen molar-refractivity contribution in [2.75, 3.05) is 67.1 Å². The van der Waals surface area contributed by atoms with Crippen molar-refractivity contribution in [1.29, 1.82) is 0 Å². The Bertz CT molecular complexity index is 348. The highest BCUT2D eigenvalue weighted by molar-refractivity contribution is 7.45. The van der Waals surface area contributed by atoms with Crippen molar-refractivity contribution in [2.45, 2.75) is 45.6 Å². The molecule has 0 fully saturated rings. The van der Waals surface area contributed by atoms with Crippen molar-refractivity contribution >= 4 is 7.82 Å². The van der Waals surface area contributed by atoms with E-state index in [9.17, 15) is 9.46 Å². The molecule has 0 amide bonds. The summed E-state index contributed by atoms with van der Waals surface area (Å²) in [5.74, 6) is 0. The molecule has 1 atom stereocenters. The van der Waals surface area contributed by atoms with Gasteiger partial charge in [-0.15, -0.1) is 0 Å². The van der Waals surface area contributed by atoms with Crippen molar-refractivity contribution in [3.8, 4) is 0 Å². The zero-order valence-electron chi connectivity index (χ0n) is 17.7. The number of phosphoric acid groups is 1. The molecule has 1 unspecified atom stereocenters. The summed E-state index contributed by atoms with van der Waals surface area (Å²) in [7, 11) is -1.49. The molecule has 0 rings (SSSR count). The SMILES string of the molecule is CCC([NH3+])(CC)CC.COCCOCCOCCOCCOP(=O)([O-])OC. The van der Waals surface area contributed by atoms with Gasteiger partial charge in [-0.3, -0.25) is 4.57 Å². The predicted octanol–water partition coefficient (Wildman–Crippen LogP) is 1.01. The van der Waals surface area contributed by atoms with E-state index in [0.29, 0.717) is 45.2 Å². The first-order valence-corrected chi connectivity index (χ1v) is 10.9. The average molecular weight is 417 g/mol. The molecule has 27 heavy (non-hydrogen) atoms. The van der Waals surface area contributed by atoms with Gasteiger partial charge in [-0.1, -0.05) is 20.8 Å². The lowest BCUT2D eigenvalue weighted by atomic mass is 9.92. The van der Waals surface area contributed by atoms with Crippen LogP contribution in [0.3, 0.4) is 0 Å². The van der Waals surface area contributed by atoms with Crippen LogP contribution in [0.2, 0.25) is 0 Å². The van der Waals surface area contributed by atoms with Crippen LogP contribution in [0.5, 0.6) is 0 Å². The minimum absolute atomic E-state index is 0.0747. The Morgan fingerprint density at radius 1 is 0.778 bits per heavy atom. The first kappa shape index (κ1) is 29.1. The maximum absolute atomic E-state index is 10.8. The van der Waals surface area contributed by atoms with Crippen LogP contribution in [0.4, 0.5) is 0 Å². The third kappa shape index (κ3) is 20.5. The van der Waals surface area contributed by atoms with Crippen molar-refractivity contribution in [3.05, 3.63) is 0 Å². The van der Waals surface area contributed by atoms with Crippen molar-refractivity contribution < 1.29 is 43.2 Å². The monoisotopic (exact) mass is 417 g/mol. The molecular formula is C17H40NO8P. The molecule has 0 bridgehead atoms. The summed E-state index contributed by atoms with van der Waals surface area (Å²) in [6.45, 7) is 9.56. The fourth-order valence-corrected chi connectivity index (χ4v) is 2.10. The second-order valence-corrected chi connectivity index (χ2v) is 7.37. The third-order valence-corrected chi connectivity index (χ3v) is 5.07. The Labute approximate surface area is 164 Å². The summed E-state index contributed by atoms with van der Waals surface area (Å²) >= 11 is 0. The van der Waals surface area contributed by atoms with Crippen LogP contribution in [0.1, 0.15) is 40.0 Å². The Morgan fingerprint density at radius 2 is 1.15 bits per heavy atom. The minimum atomic E-state index is -4.14. The van der Waals surface area contributed by atoms with Crippen LogP contribution in [0.25, 0.3) is 0 Å². The molecule has 3 N–H and O–H groups in total. The second-order valence-electron chi connectivity index (χ2n) is 5.85. The van der Waals surface area contributed by atoms with Gasteiger partial charge in [0.05, 0.1) is 58.4 Å². The van der Waals surface area contributed by atoms with Crippen LogP contribution in [0, 0.1) is 0 Å². The van der Waals surface area contributed by atoms with Crippen LogP contribution < -0.4 is 10.6 Å². The number of quaternary nitrogens is 1. The van der Waals surface area contributed by atoms with Gasteiger partial charge in [0.2, 0.25) is 0 Å². The number of phosphoric ester groups is 1. The van der Waals surface area contributed by atoms with E-state index in [1.807, 2.05) is 0 Å². The molecule has 0 aromatic rings. The largest absolute Gasteiger partial charge is 0.756 e. The van der Waals surface area contributed by atoms with Crippen molar-refractivity contribution in [2.24, 2.45) is 0 Å². The normalized spacial score (nSPS) is 13.7. The molecule has 0 heterocycles. The summed E-state index contributed by atoms with van der Waals surface area (Å²) < 4.78 is 39.6. The van der Waals surface area contributed by atoms with E-state index in [1.54, 1.807) is 7.11 Å². The predicted molar refractivity (Wildman–Crippen MR) is 101 cm³/mol. The second kappa shape index (κ2) is 19.2. The van der Waals surface area contributed by atoms with E-state index < -0.39 is 7.82 Å². The zero-order chi connectivity index (χ0) is 21.0. The van der Waals surface area contributed by atoms with Crippen LogP contribution in [0.15, 0.2) is 0 Å². The first-order valence-electron chi connectivity index (χ1n) is 9.39. The molecule has 0 aliphatic heterocycles. The maximum Gasteiger partial charge on any atom is 0.267 e. The van der Waals surface area contributed by atoms with Crippen LogP contribution >= 0.6 is 7.82 Å². The lowest BCUT2D eigenvalue weighted by Crippen LogP contribution is -2.71. The molecule has 166 valence electrons. The Kier molecular flexibility index (Phi) is 20.7. The van der Waals surface area contributed by atoms with E-state index >= 15 is 0 Å². The summed E-state index contributed by atoms with van der Waals surface area (Å²) in [5.41, 5.74) is 4.50. The maximum atomic E-state index is 10.8. The highest BCUT2D eigenvalue weighted by atomic mass is 31.2. The molecule has 0 aliphatic rings. The highest BCUT2D eigenvalue weighted by Gasteiger charge is 2.20. The van der Waals surface area contributed by atoms with Gasteiger partial charge in [0.25, 0.3) is 7.82 Å². The summed E-state index contributed by atoms with van der Waals surface area (Å²) in [5, 5.41) is 0. The number of hydrogen-bond donors (Lipinski definition) is 1. The zero-order valence-corrected chi connectivity index (χ0v) is 18.6. The molecule has 0 aromatic carbocycles. The quantitative estimate of drug-likeness (QED) is 0.275. The van der Waals surface area contributed by atoms with Crippen LogP contribution in [-0.4, -0.2) is 72.6 Å². The first-order chi connectivity index (χ1) is 12.8. The van der Waals surface area contributed by atoms with E-state index in [4.69, 9.17) is 18.9 Å². The summed E-state index contributed by atoms with van der Waals surface area (Å²) in [4.78, 5) is 10.8. The lowest BCUT2D eigenvalue weighted by Gasteiger charge is -2.19. The molecule has 0 spiro atoms. The Hall–Kier alpha value is -0.0900. The van der Waals surface area contributed by atoms with Gasteiger partial charge in [-0.05, 0) is 19.3 Å². The molecule has 0 aliphatic carbocycles. The van der Waals surface area contributed by atoms with Gasteiger partial charge in [0, 0.05) is 14.2 Å². The lowest BCUT2D eigenvalue weighted by molar-refractivity contribution is -0.480. The molecule has 0 aromatic heterocycles. The van der Waals surface area contributed by atoms with Crippen molar-refractivity contribution in [1.82, 2.24) is 0 Å². The summed E-state index contributed by atoms with van der Waals surface area (Å²) in [6, 6.07) is 0. The minimum Gasteiger partial charge on any atom is -0.756 e. The van der Waals surface area contributed by atoms with E-state index in [-0.39, 0.29) is 13.2 Å². The average Bonchev–Trinajstić information content (AvgIpc) is 2.68. The van der Waals surface area contributed by atoms with Gasteiger partial charge in [0.15, 0.2) is 0 Å². The highest BCUT2D eigenvalue weighted by Crippen LogP contribution is 2.36. The number of rotatable bonds is 17. The van der Waals surface area contributed by atoms with Gasteiger partial charge in [-0.2, -0.15) is 0 Å². The molecule has 0 saturated heterocycles. The molecule has 0 radical (unpaired) electrons. The van der Waals surface area contributed by atoms with Gasteiger partial charge >= 0.3 is 0 Å². The molecular weight excluding hydrogens is 377 g/mol. The standard InChI is InChI=1S/C10H23O8P.C7H17N/c1-13-3-4-15-5-6-16-7-8-17-9-10-18-19(11,12)14-2;1-4-7(8,5-2)6-3/h3-10H2,1-2H3,(H,11,12);4-6,8H2,1-3H3. The van der Waals surface area contributed by atoms with E-state index in [1.165, 1.54) is 19.3 Å². The fraction of sp³-hybridized carbons (Fsp3) is 1.00. The van der Waals surface area contributed by atoms with Crippen LogP contribution in [-0.2, 0) is 32.6 Å². The molecule has 9 nitrogen and oxygen atoms in total. The number of ether oxygens (including phenoxy) is 4. The van der Waals surface area contributed by atoms with Crippen molar-refractivity contribution in [3.63, 3.8) is 0 Å². The third-order valence-electron chi connectivity index (χ3n) is 4.13.